The minimum atomic E-state index is -0.645. The maximum Gasteiger partial charge on any atom is 0.151 e. The molecule has 7 heteroatoms. The summed E-state index contributed by atoms with van der Waals surface area (Å²) in [5, 5.41) is 17.4. The number of benzene rings is 1. The van der Waals surface area contributed by atoms with Crippen LogP contribution < -0.4 is 0 Å². The summed E-state index contributed by atoms with van der Waals surface area (Å²) in [6.45, 7) is 4.61. The molecule has 1 heterocycles. The third-order valence-corrected chi connectivity index (χ3v) is 3.59. The van der Waals surface area contributed by atoms with Crippen LogP contribution >= 0.6 is 0 Å². The van der Waals surface area contributed by atoms with Crippen LogP contribution in [0.2, 0.25) is 0 Å². The number of aliphatic imine (C=N–C) groups is 2. The Hall–Kier alpha value is -2.24. The quantitative estimate of drug-likeness (QED) is 0.674. The van der Waals surface area contributed by atoms with Gasteiger partial charge in [-0.1, -0.05) is 23.9 Å². The van der Waals surface area contributed by atoms with Crippen LogP contribution in [0.1, 0.15) is 25.8 Å². The third kappa shape index (κ3) is 2.53. The molecule has 1 unspecified atom stereocenters. The predicted molar refractivity (Wildman–Crippen MR) is 80.8 cm³/mol. The van der Waals surface area contributed by atoms with Crippen molar-refractivity contribution in [3.63, 3.8) is 0 Å². The van der Waals surface area contributed by atoms with Crippen LogP contribution in [-0.2, 0) is 5.66 Å². The highest BCUT2D eigenvalue weighted by molar-refractivity contribution is 5.79. The van der Waals surface area contributed by atoms with E-state index in [1.54, 1.807) is 6.07 Å². The molecule has 0 spiro atoms. The average Bonchev–Trinajstić information content (AvgIpc) is 2.86. The third-order valence-electron chi connectivity index (χ3n) is 3.59. The summed E-state index contributed by atoms with van der Waals surface area (Å²) < 4.78 is 0. The van der Waals surface area contributed by atoms with Crippen LogP contribution in [0.4, 0.5) is 0 Å². The van der Waals surface area contributed by atoms with Crippen molar-refractivity contribution in [2.75, 3.05) is 20.6 Å². The zero-order valence-electron chi connectivity index (χ0n) is 12.8. The molecule has 1 N–H and O–H groups in total. The number of nitrogens with zero attached hydrogens (tertiary/aromatic N) is 6. The highest BCUT2D eigenvalue weighted by Gasteiger charge is 2.35. The van der Waals surface area contributed by atoms with Crippen LogP contribution in [0.5, 0.6) is 0 Å². The summed E-state index contributed by atoms with van der Waals surface area (Å²) in [4.78, 5) is 11.4. The van der Waals surface area contributed by atoms with Crippen molar-refractivity contribution in [2.24, 2.45) is 9.98 Å². The van der Waals surface area contributed by atoms with E-state index < -0.39 is 5.66 Å². The van der Waals surface area contributed by atoms with E-state index in [1.165, 1.54) is 0 Å². The minimum Gasteiger partial charge on any atom is -0.410 e. The first-order valence-corrected chi connectivity index (χ1v) is 6.91. The summed E-state index contributed by atoms with van der Waals surface area (Å²) in [6, 6.07) is 8.33. The SMILES string of the molecule is CCN=C=NC(CC)(c1cccc2c1nnn2O)N(C)C. The lowest BCUT2D eigenvalue weighted by Crippen LogP contribution is -2.39. The average molecular weight is 288 g/mol. The van der Waals surface area contributed by atoms with E-state index in [1.807, 2.05) is 45.0 Å². The second-order valence-corrected chi connectivity index (χ2v) is 4.90. The van der Waals surface area contributed by atoms with Crippen molar-refractivity contribution in [3.05, 3.63) is 23.8 Å². The highest BCUT2D eigenvalue weighted by Crippen LogP contribution is 2.35. The molecule has 1 atom stereocenters. The first-order chi connectivity index (χ1) is 10.1. The van der Waals surface area contributed by atoms with Gasteiger partial charge in [-0.3, -0.25) is 4.90 Å². The maximum absolute atomic E-state index is 9.69. The Morgan fingerprint density at radius 2 is 2.14 bits per heavy atom. The van der Waals surface area contributed by atoms with Gasteiger partial charge in [0.05, 0.1) is 6.01 Å². The molecule has 0 saturated heterocycles. The highest BCUT2D eigenvalue weighted by atomic mass is 16.5. The van der Waals surface area contributed by atoms with E-state index in [9.17, 15) is 5.21 Å². The predicted octanol–water partition coefficient (Wildman–Crippen LogP) is 1.99. The van der Waals surface area contributed by atoms with Crippen molar-refractivity contribution in [3.8, 4) is 0 Å². The monoisotopic (exact) mass is 288 g/mol. The topological polar surface area (TPSA) is 78.9 Å². The van der Waals surface area contributed by atoms with Gasteiger partial charge in [-0.05, 0) is 38.7 Å². The number of rotatable bonds is 5. The molecule has 2 aromatic rings. The number of fused-ring (bicyclic) bond motifs is 1. The Kier molecular flexibility index (Phi) is 4.35. The van der Waals surface area contributed by atoms with Gasteiger partial charge >= 0.3 is 0 Å². The van der Waals surface area contributed by atoms with E-state index in [-0.39, 0.29) is 0 Å². The van der Waals surface area contributed by atoms with E-state index in [0.29, 0.717) is 24.0 Å². The second kappa shape index (κ2) is 6.03. The molecule has 2 rings (SSSR count). The zero-order chi connectivity index (χ0) is 15.5. The van der Waals surface area contributed by atoms with Gasteiger partial charge in [-0.15, -0.1) is 5.10 Å². The van der Waals surface area contributed by atoms with Gasteiger partial charge < -0.3 is 5.21 Å². The normalized spacial score (nSPS) is 14.0. The van der Waals surface area contributed by atoms with Crippen molar-refractivity contribution in [2.45, 2.75) is 25.9 Å². The first-order valence-electron chi connectivity index (χ1n) is 6.91. The van der Waals surface area contributed by atoms with Crippen molar-refractivity contribution in [1.29, 1.82) is 0 Å². The lowest BCUT2D eigenvalue weighted by atomic mass is 9.94. The molecule has 0 radical (unpaired) electrons. The molecule has 0 fully saturated rings. The molecule has 0 saturated carbocycles. The molecule has 0 aliphatic heterocycles. The second-order valence-electron chi connectivity index (χ2n) is 4.90. The first kappa shape index (κ1) is 15.2. The van der Waals surface area contributed by atoms with E-state index in [0.717, 1.165) is 10.4 Å². The molecular formula is C14H20N6O. The molecule has 7 nitrogen and oxygen atoms in total. The van der Waals surface area contributed by atoms with Gasteiger partial charge in [-0.2, -0.15) is 4.99 Å². The van der Waals surface area contributed by atoms with Gasteiger partial charge in [0.15, 0.2) is 5.66 Å². The van der Waals surface area contributed by atoms with Gasteiger partial charge in [0, 0.05) is 12.1 Å². The Labute approximate surface area is 123 Å². The van der Waals surface area contributed by atoms with Gasteiger partial charge in [0.2, 0.25) is 0 Å². The van der Waals surface area contributed by atoms with Crippen LogP contribution in [0.3, 0.4) is 0 Å². The fourth-order valence-electron chi connectivity index (χ4n) is 2.43. The maximum atomic E-state index is 9.69. The molecule has 0 amide bonds. The molecule has 1 aromatic carbocycles. The summed E-state index contributed by atoms with van der Waals surface area (Å²) in [6.07, 6.45) is 0.712. The summed E-state index contributed by atoms with van der Waals surface area (Å²) in [5.74, 6) is 0. The molecule has 0 aliphatic carbocycles. The van der Waals surface area contributed by atoms with Crippen LogP contribution in [0.25, 0.3) is 11.0 Å². The number of hydrogen-bond donors (Lipinski definition) is 1. The fraction of sp³-hybridized carbons (Fsp3) is 0.500. The Morgan fingerprint density at radius 3 is 2.76 bits per heavy atom. The zero-order valence-corrected chi connectivity index (χ0v) is 12.8. The van der Waals surface area contributed by atoms with Gasteiger partial charge in [0.25, 0.3) is 0 Å². The van der Waals surface area contributed by atoms with Crippen molar-refractivity contribution in [1.82, 2.24) is 20.1 Å². The van der Waals surface area contributed by atoms with E-state index >= 15 is 0 Å². The van der Waals surface area contributed by atoms with Crippen LogP contribution in [0.15, 0.2) is 28.2 Å². The number of hydrogen-bond acceptors (Lipinski definition) is 6. The lowest BCUT2D eigenvalue weighted by molar-refractivity contribution is 0.154. The summed E-state index contributed by atoms with van der Waals surface area (Å²) in [7, 11) is 3.89. The molecule has 0 aliphatic rings. The lowest BCUT2D eigenvalue weighted by Gasteiger charge is -2.34. The van der Waals surface area contributed by atoms with Crippen molar-refractivity contribution < 1.29 is 5.21 Å². The number of aromatic nitrogens is 3. The molecule has 0 bridgehead atoms. The fourth-order valence-corrected chi connectivity index (χ4v) is 2.43. The minimum absolute atomic E-state index is 0.551. The van der Waals surface area contributed by atoms with E-state index in [2.05, 4.69) is 26.3 Å². The standard InChI is InChI=1S/C14H20N6O/c1-5-14(19(3)4,16-10-15-6-2)11-8-7-9-12-13(11)17-18-20(12)21/h7-9,21H,5-6H2,1-4H3. The Bertz CT molecular complexity index is 686. The Morgan fingerprint density at radius 1 is 1.38 bits per heavy atom. The smallest absolute Gasteiger partial charge is 0.151 e. The van der Waals surface area contributed by atoms with E-state index in [4.69, 9.17) is 0 Å². The Balaban J connectivity index is 2.72. The largest absolute Gasteiger partial charge is 0.410 e. The van der Waals surface area contributed by atoms with Crippen LogP contribution in [-0.4, -0.2) is 51.9 Å². The van der Waals surface area contributed by atoms with Crippen LogP contribution in [0, 0.1) is 0 Å². The van der Waals surface area contributed by atoms with Gasteiger partial charge in [0.1, 0.15) is 11.0 Å². The molecule has 112 valence electrons. The summed E-state index contributed by atoms with van der Waals surface area (Å²) >= 11 is 0. The molecule has 21 heavy (non-hydrogen) atoms. The molecule has 1 aromatic heterocycles. The summed E-state index contributed by atoms with van der Waals surface area (Å²) in [5.41, 5.74) is 1.40. The van der Waals surface area contributed by atoms with Crippen molar-refractivity contribution >= 4 is 17.0 Å². The molecular weight excluding hydrogens is 268 g/mol. The van der Waals surface area contributed by atoms with Gasteiger partial charge in [-0.25, -0.2) is 4.99 Å².